The van der Waals surface area contributed by atoms with Crippen LogP contribution in [0.2, 0.25) is 10.2 Å². The molecule has 1 aliphatic carbocycles. The van der Waals surface area contributed by atoms with Crippen LogP contribution in [0.25, 0.3) is 11.3 Å². The number of hydrogen-bond acceptors (Lipinski definition) is 6. The Morgan fingerprint density at radius 1 is 1.35 bits per heavy atom. The number of carbonyl (C=O) groups excluding carboxylic acids is 1. The highest BCUT2D eigenvalue weighted by atomic mass is 35.5. The van der Waals surface area contributed by atoms with Crippen molar-refractivity contribution in [1.29, 1.82) is 0 Å². The molecule has 0 aliphatic heterocycles. The number of aliphatic hydroxyl groups is 1. The first-order valence-electron chi connectivity index (χ1n) is 10.0. The largest absolute Gasteiger partial charge is 0.388 e. The summed E-state index contributed by atoms with van der Waals surface area (Å²) in [6.07, 6.45) is 4.13. The summed E-state index contributed by atoms with van der Waals surface area (Å²) >= 11 is 12.5. The van der Waals surface area contributed by atoms with Crippen LogP contribution in [0.3, 0.4) is 0 Å². The molecule has 0 unspecified atom stereocenters. The number of pyridine rings is 1. The number of nitrogens with one attached hydrogen (secondary N) is 1. The van der Waals surface area contributed by atoms with Gasteiger partial charge in [-0.05, 0) is 51.2 Å². The normalized spacial score (nSPS) is 21.8. The van der Waals surface area contributed by atoms with Crippen LogP contribution in [0.15, 0.2) is 12.3 Å². The zero-order valence-corrected chi connectivity index (χ0v) is 20.0. The molecule has 0 atom stereocenters. The molecular weight excluding hydrogens is 463 g/mol. The van der Waals surface area contributed by atoms with E-state index in [1.165, 1.54) is 6.26 Å². The molecule has 170 valence electrons. The van der Waals surface area contributed by atoms with E-state index in [0.29, 0.717) is 43.1 Å². The molecule has 1 saturated carbocycles. The minimum absolute atomic E-state index is 0.00547. The predicted molar refractivity (Wildman–Crippen MR) is 120 cm³/mol. The van der Waals surface area contributed by atoms with Gasteiger partial charge in [0.25, 0.3) is 5.91 Å². The average Bonchev–Trinajstić information content (AvgIpc) is 3.02. The summed E-state index contributed by atoms with van der Waals surface area (Å²) in [6, 6.07) is 1.71. The van der Waals surface area contributed by atoms with Gasteiger partial charge in [0.1, 0.15) is 15.0 Å². The fourth-order valence-electron chi connectivity index (χ4n) is 3.90. The highest BCUT2D eigenvalue weighted by Crippen LogP contribution is 2.34. The summed E-state index contributed by atoms with van der Waals surface area (Å²) in [5.41, 5.74) is 1.04. The van der Waals surface area contributed by atoms with E-state index < -0.39 is 26.6 Å². The zero-order chi connectivity index (χ0) is 23.0. The van der Waals surface area contributed by atoms with Crippen LogP contribution in [0.1, 0.15) is 48.7 Å². The van der Waals surface area contributed by atoms with Crippen molar-refractivity contribution in [2.24, 2.45) is 0 Å². The fourth-order valence-corrected chi connectivity index (χ4v) is 5.53. The van der Waals surface area contributed by atoms with Crippen molar-refractivity contribution in [3.63, 3.8) is 0 Å². The maximum absolute atomic E-state index is 12.8. The van der Waals surface area contributed by atoms with Crippen LogP contribution < -0.4 is 5.32 Å². The Hall–Kier alpha value is -1.68. The SMILES string of the molecule is CCn1nc(C(=O)NC[C@]2(O)CC[C@H](S(C)(=O)=O)CC2)c(Cl)c1-c1cnc(Cl)cc1C. The average molecular weight is 489 g/mol. The lowest BCUT2D eigenvalue weighted by Gasteiger charge is -2.35. The van der Waals surface area contributed by atoms with Crippen LogP contribution in [-0.2, 0) is 16.4 Å². The Morgan fingerprint density at radius 3 is 2.55 bits per heavy atom. The van der Waals surface area contributed by atoms with Crippen molar-refractivity contribution in [3.05, 3.63) is 33.7 Å². The molecule has 31 heavy (non-hydrogen) atoms. The van der Waals surface area contributed by atoms with Crippen LogP contribution in [0, 0.1) is 6.92 Å². The lowest BCUT2D eigenvalue weighted by Crippen LogP contribution is -2.47. The van der Waals surface area contributed by atoms with E-state index in [0.717, 1.165) is 11.1 Å². The topological polar surface area (TPSA) is 114 Å². The molecule has 0 spiro atoms. The third-order valence-corrected chi connectivity index (χ3v) is 8.04. The van der Waals surface area contributed by atoms with Crippen LogP contribution in [0.5, 0.6) is 0 Å². The predicted octanol–water partition coefficient (Wildman–Crippen LogP) is 3.03. The molecule has 2 heterocycles. The second-order valence-electron chi connectivity index (χ2n) is 8.08. The van der Waals surface area contributed by atoms with E-state index in [2.05, 4.69) is 15.4 Å². The Morgan fingerprint density at radius 2 is 2.00 bits per heavy atom. The third kappa shape index (κ3) is 5.22. The van der Waals surface area contributed by atoms with Gasteiger partial charge in [-0.3, -0.25) is 9.48 Å². The molecule has 3 rings (SSSR count). The smallest absolute Gasteiger partial charge is 0.273 e. The van der Waals surface area contributed by atoms with Gasteiger partial charge >= 0.3 is 0 Å². The first-order chi connectivity index (χ1) is 14.4. The van der Waals surface area contributed by atoms with Gasteiger partial charge in [-0.15, -0.1) is 0 Å². The van der Waals surface area contributed by atoms with Crippen molar-refractivity contribution in [2.45, 2.75) is 56.9 Å². The lowest BCUT2D eigenvalue weighted by atomic mass is 9.84. The van der Waals surface area contributed by atoms with Gasteiger partial charge < -0.3 is 10.4 Å². The number of carbonyl (C=O) groups is 1. The van der Waals surface area contributed by atoms with Crippen LogP contribution >= 0.6 is 23.2 Å². The quantitative estimate of drug-likeness (QED) is 0.603. The summed E-state index contributed by atoms with van der Waals surface area (Å²) < 4.78 is 25.1. The van der Waals surface area contributed by atoms with Crippen molar-refractivity contribution in [1.82, 2.24) is 20.1 Å². The van der Waals surface area contributed by atoms with Gasteiger partial charge in [0.2, 0.25) is 0 Å². The first kappa shape index (κ1) is 24.0. The number of halogens is 2. The molecule has 0 saturated heterocycles. The lowest BCUT2D eigenvalue weighted by molar-refractivity contribution is 0.00606. The molecule has 2 aromatic heterocycles. The van der Waals surface area contributed by atoms with Crippen molar-refractivity contribution in [3.8, 4) is 11.3 Å². The first-order valence-corrected chi connectivity index (χ1v) is 12.7. The van der Waals surface area contributed by atoms with Gasteiger partial charge in [-0.1, -0.05) is 23.2 Å². The molecule has 2 N–H and O–H groups in total. The van der Waals surface area contributed by atoms with E-state index in [-0.39, 0.29) is 17.3 Å². The van der Waals surface area contributed by atoms with E-state index in [4.69, 9.17) is 23.2 Å². The van der Waals surface area contributed by atoms with Crippen LogP contribution in [0.4, 0.5) is 0 Å². The summed E-state index contributed by atoms with van der Waals surface area (Å²) in [5, 5.41) is 17.9. The van der Waals surface area contributed by atoms with Gasteiger partial charge in [-0.2, -0.15) is 5.10 Å². The highest BCUT2D eigenvalue weighted by Gasteiger charge is 2.37. The monoisotopic (exact) mass is 488 g/mol. The summed E-state index contributed by atoms with van der Waals surface area (Å²) in [6.45, 7) is 4.24. The van der Waals surface area contributed by atoms with E-state index in [9.17, 15) is 18.3 Å². The van der Waals surface area contributed by atoms with Crippen LogP contribution in [-0.4, -0.2) is 57.8 Å². The Kier molecular flexibility index (Phi) is 7.00. The molecule has 1 fully saturated rings. The minimum atomic E-state index is -3.14. The molecule has 0 bridgehead atoms. The van der Waals surface area contributed by atoms with Crippen molar-refractivity contribution < 1.29 is 18.3 Å². The molecule has 0 aromatic carbocycles. The molecule has 11 heteroatoms. The number of hydrogen-bond donors (Lipinski definition) is 2. The minimum Gasteiger partial charge on any atom is -0.388 e. The van der Waals surface area contributed by atoms with E-state index in [1.54, 1.807) is 16.9 Å². The Balaban J connectivity index is 1.76. The highest BCUT2D eigenvalue weighted by molar-refractivity contribution is 7.91. The van der Waals surface area contributed by atoms with Gasteiger partial charge in [-0.25, -0.2) is 13.4 Å². The number of sulfone groups is 1. The molecule has 8 nitrogen and oxygen atoms in total. The molecule has 1 amide bonds. The fraction of sp³-hybridized carbons (Fsp3) is 0.550. The molecule has 1 aliphatic rings. The van der Waals surface area contributed by atoms with Gasteiger partial charge in [0.15, 0.2) is 5.69 Å². The van der Waals surface area contributed by atoms with Crippen molar-refractivity contribution >= 4 is 38.9 Å². The summed E-state index contributed by atoms with van der Waals surface area (Å²) in [4.78, 5) is 16.9. The number of nitrogens with zero attached hydrogens (tertiary/aromatic N) is 3. The van der Waals surface area contributed by atoms with Crippen molar-refractivity contribution in [2.75, 3.05) is 12.8 Å². The summed E-state index contributed by atoms with van der Waals surface area (Å²) in [7, 11) is -3.14. The second kappa shape index (κ2) is 9.05. The maximum Gasteiger partial charge on any atom is 0.273 e. The number of aromatic nitrogens is 3. The van der Waals surface area contributed by atoms with Gasteiger partial charge in [0.05, 0.1) is 21.6 Å². The van der Waals surface area contributed by atoms with E-state index >= 15 is 0 Å². The standard InChI is InChI=1S/C20H26Cl2N4O4S/c1-4-26-18(14-10-23-15(21)9-12(14)2)16(22)17(25-26)19(27)24-11-20(28)7-5-13(6-8-20)31(3,29)30/h9-10,13,28H,4-8,11H2,1-3H3,(H,24,27)/t13-,20-. The number of rotatable bonds is 6. The molecule has 0 radical (unpaired) electrons. The molecular formula is C20H26Cl2N4O4S. The number of amides is 1. The summed E-state index contributed by atoms with van der Waals surface area (Å²) in [5.74, 6) is -0.503. The number of aryl methyl sites for hydroxylation is 2. The molecule has 2 aromatic rings. The third-order valence-electron chi connectivity index (χ3n) is 5.79. The maximum atomic E-state index is 12.8. The Bertz CT molecular complexity index is 1090. The zero-order valence-electron chi connectivity index (χ0n) is 17.7. The van der Waals surface area contributed by atoms with E-state index in [1.807, 2.05) is 13.8 Å². The second-order valence-corrected chi connectivity index (χ2v) is 11.2. The van der Waals surface area contributed by atoms with Gasteiger partial charge in [0, 0.05) is 31.1 Å². The Labute approximate surface area is 191 Å².